The molecule has 1 aromatic carbocycles. The summed E-state index contributed by atoms with van der Waals surface area (Å²) in [5.74, 6) is 1.39. The number of hydrogen-bond acceptors (Lipinski definition) is 3. The maximum absolute atomic E-state index is 6.01. The molecule has 0 atom stereocenters. The third-order valence-corrected chi connectivity index (χ3v) is 3.71. The van der Waals surface area contributed by atoms with E-state index in [0.29, 0.717) is 5.92 Å². The molecule has 0 bridgehead atoms. The van der Waals surface area contributed by atoms with Crippen molar-refractivity contribution in [3.63, 3.8) is 0 Å². The van der Waals surface area contributed by atoms with E-state index in [9.17, 15) is 0 Å². The highest BCUT2D eigenvalue weighted by Gasteiger charge is 2.22. The smallest absolute Gasteiger partial charge is 0.198 e. The van der Waals surface area contributed by atoms with Crippen molar-refractivity contribution in [2.24, 2.45) is 0 Å². The first-order valence-electron chi connectivity index (χ1n) is 6.46. The van der Waals surface area contributed by atoms with Gasteiger partial charge >= 0.3 is 0 Å². The summed E-state index contributed by atoms with van der Waals surface area (Å²) in [7, 11) is 0. The van der Waals surface area contributed by atoms with Gasteiger partial charge in [-0.05, 0) is 37.0 Å². The zero-order chi connectivity index (χ0) is 11.8. The van der Waals surface area contributed by atoms with Gasteiger partial charge in [0.05, 0.1) is 5.69 Å². The second-order valence-corrected chi connectivity index (χ2v) is 4.92. The summed E-state index contributed by atoms with van der Waals surface area (Å²) in [6, 6.07) is 4.08. The fourth-order valence-corrected chi connectivity index (χ4v) is 2.69. The molecule has 1 aliphatic rings. The molecule has 3 nitrogen and oxygen atoms in total. The molecule has 1 saturated carbocycles. The predicted octanol–water partition coefficient (Wildman–Crippen LogP) is 3.63. The molecular formula is C14H18N2O. The molecule has 2 aromatic rings. The number of nitrogens with zero attached hydrogens (tertiary/aromatic N) is 1. The molecule has 0 spiro atoms. The summed E-state index contributed by atoms with van der Waals surface area (Å²) >= 11 is 0. The number of nitrogen functional groups attached to an aromatic ring is 1. The molecule has 0 radical (unpaired) electrons. The van der Waals surface area contributed by atoms with Crippen molar-refractivity contribution in [2.75, 3.05) is 5.73 Å². The molecule has 0 amide bonds. The summed E-state index contributed by atoms with van der Waals surface area (Å²) in [5.41, 5.74) is 9.64. The van der Waals surface area contributed by atoms with Gasteiger partial charge in [0.15, 0.2) is 11.5 Å². The quantitative estimate of drug-likeness (QED) is 0.801. The zero-order valence-corrected chi connectivity index (χ0v) is 10.2. The van der Waals surface area contributed by atoms with Crippen LogP contribution in [0.4, 0.5) is 5.69 Å². The zero-order valence-electron chi connectivity index (χ0n) is 10.2. The van der Waals surface area contributed by atoms with Crippen molar-refractivity contribution in [3.05, 3.63) is 23.6 Å². The Morgan fingerprint density at radius 3 is 2.82 bits per heavy atom. The number of anilines is 1. The first-order valence-corrected chi connectivity index (χ1v) is 6.46. The highest BCUT2D eigenvalue weighted by molar-refractivity contribution is 5.85. The molecule has 3 rings (SSSR count). The predicted molar refractivity (Wildman–Crippen MR) is 69.0 cm³/mol. The Hall–Kier alpha value is -1.51. The van der Waals surface area contributed by atoms with Gasteiger partial charge in [-0.2, -0.15) is 0 Å². The van der Waals surface area contributed by atoms with Gasteiger partial charge in [-0.25, -0.2) is 4.98 Å². The third-order valence-electron chi connectivity index (χ3n) is 3.71. The number of aromatic nitrogens is 1. The number of benzene rings is 1. The summed E-state index contributed by atoms with van der Waals surface area (Å²) in [6.07, 6.45) is 5.96. The lowest BCUT2D eigenvalue weighted by Crippen LogP contribution is -1.90. The Kier molecular flexibility index (Phi) is 2.54. The second kappa shape index (κ2) is 4.06. The van der Waals surface area contributed by atoms with Gasteiger partial charge in [0, 0.05) is 5.92 Å². The van der Waals surface area contributed by atoms with Gasteiger partial charge in [0.2, 0.25) is 0 Å². The van der Waals surface area contributed by atoms with E-state index < -0.39 is 0 Å². The van der Waals surface area contributed by atoms with Crippen molar-refractivity contribution >= 4 is 16.8 Å². The Morgan fingerprint density at radius 2 is 2.12 bits per heavy atom. The normalized spacial score (nSPS) is 17.0. The Morgan fingerprint density at radius 1 is 1.35 bits per heavy atom. The van der Waals surface area contributed by atoms with Crippen LogP contribution in [-0.4, -0.2) is 4.98 Å². The number of nitrogens with two attached hydrogens (primary N) is 1. The standard InChI is InChI=1S/C14H18N2O/c1-2-9-7-11(15)13-12(8-9)16-14(17-13)10-5-3-4-6-10/h7-8,10H,2-6,15H2,1H3. The van der Waals surface area contributed by atoms with Crippen molar-refractivity contribution in [3.8, 4) is 0 Å². The van der Waals surface area contributed by atoms with E-state index in [0.717, 1.165) is 29.1 Å². The van der Waals surface area contributed by atoms with Gasteiger partial charge in [-0.3, -0.25) is 0 Å². The molecule has 90 valence electrons. The average molecular weight is 230 g/mol. The van der Waals surface area contributed by atoms with Crippen molar-refractivity contribution in [2.45, 2.75) is 44.9 Å². The molecule has 0 unspecified atom stereocenters. The number of rotatable bonds is 2. The maximum atomic E-state index is 6.01. The van der Waals surface area contributed by atoms with Crippen LogP contribution in [0, 0.1) is 0 Å². The molecule has 1 aliphatic carbocycles. The SMILES string of the molecule is CCc1cc(N)c2oc(C3CCCC3)nc2c1. The molecule has 1 fully saturated rings. The fraction of sp³-hybridized carbons (Fsp3) is 0.500. The van der Waals surface area contributed by atoms with Gasteiger partial charge < -0.3 is 10.2 Å². The van der Waals surface area contributed by atoms with Crippen LogP contribution in [0.3, 0.4) is 0 Å². The minimum atomic E-state index is 0.506. The minimum absolute atomic E-state index is 0.506. The van der Waals surface area contributed by atoms with Gasteiger partial charge in [-0.1, -0.05) is 19.8 Å². The van der Waals surface area contributed by atoms with Gasteiger partial charge in [0.25, 0.3) is 0 Å². The summed E-state index contributed by atoms with van der Waals surface area (Å²) in [5, 5.41) is 0. The molecule has 1 aromatic heterocycles. The molecule has 0 aliphatic heterocycles. The van der Waals surface area contributed by atoms with Crippen molar-refractivity contribution in [1.82, 2.24) is 4.98 Å². The summed E-state index contributed by atoms with van der Waals surface area (Å²) < 4.78 is 5.85. The topological polar surface area (TPSA) is 52.0 Å². The van der Waals surface area contributed by atoms with Gasteiger partial charge in [-0.15, -0.1) is 0 Å². The van der Waals surface area contributed by atoms with E-state index in [-0.39, 0.29) is 0 Å². The molecule has 17 heavy (non-hydrogen) atoms. The van der Waals surface area contributed by atoms with Crippen molar-refractivity contribution in [1.29, 1.82) is 0 Å². The van der Waals surface area contributed by atoms with Crippen LogP contribution in [0.1, 0.15) is 50.0 Å². The van der Waals surface area contributed by atoms with Crippen LogP contribution < -0.4 is 5.73 Å². The first kappa shape index (κ1) is 10.6. The fourth-order valence-electron chi connectivity index (χ4n) is 2.69. The van der Waals surface area contributed by atoms with E-state index in [4.69, 9.17) is 10.2 Å². The van der Waals surface area contributed by atoms with Crippen LogP contribution in [0.15, 0.2) is 16.5 Å². The Bertz CT molecular complexity index is 538. The molecule has 1 heterocycles. The Balaban J connectivity index is 2.08. The van der Waals surface area contributed by atoms with Crippen LogP contribution in [0.2, 0.25) is 0 Å². The lowest BCUT2D eigenvalue weighted by Gasteiger charge is -2.01. The van der Waals surface area contributed by atoms with Crippen LogP contribution in [0.5, 0.6) is 0 Å². The maximum Gasteiger partial charge on any atom is 0.198 e. The number of aryl methyl sites for hydroxylation is 1. The number of hydrogen-bond donors (Lipinski definition) is 1. The lowest BCUT2D eigenvalue weighted by molar-refractivity contribution is 0.475. The van der Waals surface area contributed by atoms with E-state index in [2.05, 4.69) is 18.0 Å². The monoisotopic (exact) mass is 230 g/mol. The van der Waals surface area contributed by atoms with Crippen LogP contribution in [0.25, 0.3) is 11.1 Å². The largest absolute Gasteiger partial charge is 0.438 e. The third kappa shape index (κ3) is 1.79. The highest BCUT2D eigenvalue weighted by atomic mass is 16.3. The van der Waals surface area contributed by atoms with E-state index in [1.807, 2.05) is 6.07 Å². The van der Waals surface area contributed by atoms with Gasteiger partial charge in [0.1, 0.15) is 5.52 Å². The second-order valence-electron chi connectivity index (χ2n) is 4.92. The summed E-state index contributed by atoms with van der Waals surface area (Å²) in [4.78, 5) is 4.62. The first-order chi connectivity index (χ1) is 8.28. The number of fused-ring (bicyclic) bond motifs is 1. The molecule has 3 heteroatoms. The molecule has 0 saturated heterocycles. The van der Waals surface area contributed by atoms with E-state index in [1.165, 1.54) is 31.2 Å². The highest BCUT2D eigenvalue weighted by Crippen LogP contribution is 2.36. The average Bonchev–Trinajstić information content (AvgIpc) is 2.96. The van der Waals surface area contributed by atoms with Crippen molar-refractivity contribution < 1.29 is 4.42 Å². The van der Waals surface area contributed by atoms with Crippen LogP contribution in [-0.2, 0) is 6.42 Å². The number of oxazole rings is 1. The molecular weight excluding hydrogens is 212 g/mol. The van der Waals surface area contributed by atoms with E-state index >= 15 is 0 Å². The summed E-state index contributed by atoms with van der Waals surface area (Å²) in [6.45, 7) is 2.12. The minimum Gasteiger partial charge on any atom is -0.438 e. The van der Waals surface area contributed by atoms with Crippen LogP contribution >= 0.6 is 0 Å². The lowest BCUT2D eigenvalue weighted by atomic mass is 10.1. The molecule has 2 N–H and O–H groups in total. The Labute approximate surface area is 101 Å². The van der Waals surface area contributed by atoms with E-state index in [1.54, 1.807) is 0 Å².